The molecule has 1 atom stereocenters. The number of aromatic nitrogens is 3. The number of halogens is 2. The van der Waals surface area contributed by atoms with Gasteiger partial charge in [-0.2, -0.15) is 13.9 Å². The third kappa shape index (κ3) is 4.22. The van der Waals surface area contributed by atoms with Gasteiger partial charge in [-0.3, -0.25) is 4.68 Å². The van der Waals surface area contributed by atoms with Gasteiger partial charge in [0.25, 0.3) is 0 Å². The summed E-state index contributed by atoms with van der Waals surface area (Å²) in [5.74, 6) is 0.682. The van der Waals surface area contributed by atoms with Crippen molar-refractivity contribution in [2.45, 2.75) is 39.0 Å². The second kappa shape index (κ2) is 7.12. The number of ether oxygens (including phenoxy) is 1. The molecule has 21 heavy (non-hydrogen) atoms. The number of aliphatic hydroxyl groups is 1. The molecule has 0 bridgehead atoms. The summed E-state index contributed by atoms with van der Waals surface area (Å²) in [5.41, 5.74) is 0.499. The highest BCUT2D eigenvalue weighted by Crippen LogP contribution is 2.23. The van der Waals surface area contributed by atoms with Crippen molar-refractivity contribution in [3.8, 4) is 5.75 Å². The molecule has 0 aliphatic carbocycles. The van der Waals surface area contributed by atoms with Gasteiger partial charge in [-0.1, -0.05) is 19.1 Å². The zero-order chi connectivity index (χ0) is 15.2. The molecule has 1 aromatic carbocycles. The Morgan fingerprint density at radius 3 is 2.90 bits per heavy atom. The van der Waals surface area contributed by atoms with E-state index in [1.54, 1.807) is 16.8 Å². The number of aliphatic hydroxyl groups excluding tert-OH is 1. The second-order valence-corrected chi connectivity index (χ2v) is 4.57. The van der Waals surface area contributed by atoms with Gasteiger partial charge in [-0.25, -0.2) is 4.98 Å². The van der Waals surface area contributed by atoms with Crippen molar-refractivity contribution in [2.24, 2.45) is 0 Å². The van der Waals surface area contributed by atoms with Gasteiger partial charge in [0.2, 0.25) is 0 Å². The van der Waals surface area contributed by atoms with Crippen LogP contribution in [0.4, 0.5) is 8.78 Å². The van der Waals surface area contributed by atoms with Crippen LogP contribution in [-0.4, -0.2) is 26.5 Å². The lowest BCUT2D eigenvalue weighted by Gasteiger charge is -2.13. The van der Waals surface area contributed by atoms with Gasteiger partial charge in [0.1, 0.15) is 17.9 Å². The lowest BCUT2D eigenvalue weighted by molar-refractivity contribution is -0.0499. The quantitative estimate of drug-likeness (QED) is 0.853. The molecule has 0 amide bonds. The molecule has 0 radical (unpaired) electrons. The predicted octanol–water partition coefficient (Wildman–Crippen LogP) is 2.57. The Hall–Kier alpha value is -2.02. The van der Waals surface area contributed by atoms with Crippen molar-refractivity contribution >= 4 is 0 Å². The van der Waals surface area contributed by atoms with Crippen LogP contribution in [-0.2, 0) is 13.0 Å². The first-order chi connectivity index (χ1) is 10.1. The molecular formula is C14H17F2N3O2. The van der Waals surface area contributed by atoms with E-state index >= 15 is 0 Å². The van der Waals surface area contributed by atoms with Crippen LogP contribution in [0.5, 0.6) is 5.75 Å². The fraction of sp³-hybridized carbons (Fsp3) is 0.429. The minimum atomic E-state index is -2.88. The molecule has 2 aromatic rings. The maximum atomic E-state index is 12.2. The molecule has 1 unspecified atom stereocenters. The van der Waals surface area contributed by atoms with E-state index in [-0.39, 0.29) is 12.2 Å². The van der Waals surface area contributed by atoms with E-state index < -0.39 is 12.7 Å². The number of alkyl halides is 2. The maximum Gasteiger partial charge on any atom is 0.387 e. The van der Waals surface area contributed by atoms with Crippen molar-refractivity contribution in [3.05, 3.63) is 42.0 Å². The molecule has 0 saturated heterocycles. The molecule has 1 N–H and O–H groups in total. The minimum Gasteiger partial charge on any atom is -0.435 e. The van der Waals surface area contributed by atoms with E-state index in [1.807, 2.05) is 6.92 Å². The molecule has 1 aromatic heterocycles. The van der Waals surface area contributed by atoms with Crippen molar-refractivity contribution in [1.29, 1.82) is 0 Å². The molecular weight excluding hydrogens is 280 g/mol. The van der Waals surface area contributed by atoms with Gasteiger partial charge in [-0.15, -0.1) is 0 Å². The van der Waals surface area contributed by atoms with Gasteiger partial charge < -0.3 is 9.84 Å². The molecule has 0 saturated carbocycles. The summed E-state index contributed by atoms with van der Waals surface area (Å²) in [6, 6.07) is 6.04. The highest BCUT2D eigenvalue weighted by atomic mass is 19.3. The third-order valence-corrected chi connectivity index (χ3v) is 2.98. The number of nitrogens with zero attached hydrogens (tertiary/aromatic N) is 3. The number of hydrogen-bond acceptors (Lipinski definition) is 4. The number of aryl methyl sites for hydroxylation is 1. The van der Waals surface area contributed by atoms with Crippen LogP contribution < -0.4 is 4.74 Å². The lowest BCUT2D eigenvalue weighted by atomic mass is 10.1. The summed E-state index contributed by atoms with van der Waals surface area (Å²) in [5, 5.41) is 14.3. The molecule has 114 valence electrons. The van der Waals surface area contributed by atoms with Gasteiger partial charge in [0, 0.05) is 13.0 Å². The van der Waals surface area contributed by atoms with Crippen LogP contribution >= 0.6 is 0 Å². The van der Waals surface area contributed by atoms with Crippen LogP contribution in [0.25, 0.3) is 0 Å². The molecule has 0 aliphatic heterocycles. The number of hydrogen-bond donors (Lipinski definition) is 1. The van der Waals surface area contributed by atoms with E-state index in [4.69, 9.17) is 0 Å². The monoisotopic (exact) mass is 297 g/mol. The van der Waals surface area contributed by atoms with E-state index in [2.05, 4.69) is 14.8 Å². The van der Waals surface area contributed by atoms with Crippen LogP contribution in [0, 0.1) is 0 Å². The fourth-order valence-corrected chi connectivity index (χ4v) is 2.03. The van der Waals surface area contributed by atoms with Crippen molar-refractivity contribution in [3.63, 3.8) is 0 Å². The van der Waals surface area contributed by atoms with Crippen molar-refractivity contribution in [2.75, 3.05) is 0 Å². The third-order valence-electron chi connectivity index (χ3n) is 2.98. The van der Waals surface area contributed by atoms with Gasteiger partial charge >= 0.3 is 6.61 Å². The fourth-order valence-electron chi connectivity index (χ4n) is 2.03. The Balaban J connectivity index is 2.09. The molecule has 0 spiro atoms. The average Bonchev–Trinajstić information content (AvgIpc) is 2.86. The van der Waals surface area contributed by atoms with E-state index in [9.17, 15) is 13.9 Å². The molecule has 5 nitrogen and oxygen atoms in total. The van der Waals surface area contributed by atoms with Crippen LogP contribution in [0.2, 0.25) is 0 Å². The van der Waals surface area contributed by atoms with Gasteiger partial charge in [0.05, 0.1) is 6.10 Å². The van der Waals surface area contributed by atoms with Gasteiger partial charge in [-0.05, 0) is 24.1 Å². The highest BCUT2D eigenvalue weighted by molar-refractivity contribution is 5.30. The second-order valence-electron chi connectivity index (χ2n) is 4.57. The smallest absolute Gasteiger partial charge is 0.387 e. The Kier molecular flexibility index (Phi) is 5.21. The maximum absolute atomic E-state index is 12.2. The Morgan fingerprint density at radius 1 is 1.38 bits per heavy atom. The number of rotatable bonds is 7. The summed E-state index contributed by atoms with van der Waals surface area (Å²) in [6.45, 7) is -0.145. The largest absolute Gasteiger partial charge is 0.435 e. The van der Waals surface area contributed by atoms with Gasteiger partial charge in [0.15, 0.2) is 0 Å². The first-order valence-electron chi connectivity index (χ1n) is 6.69. The highest BCUT2D eigenvalue weighted by Gasteiger charge is 2.14. The van der Waals surface area contributed by atoms with E-state index in [1.165, 1.54) is 18.5 Å². The zero-order valence-corrected chi connectivity index (χ0v) is 11.6. The first kappa shape index (κ1) is 15.4. The van der Waals surface area contributed by atoms with Crippen LogP contribution in [0.3, 0.4) is 0 Å². The molecule has 7 heteroatoms. The minimum absolute atomic E-state index is 0.0246. The Bertz CT molecular complexity index is 575. The van der Waals surface area contributed by atoms with Crippen LogP contribution in [0.1, 0.15) is 30.8 Å². The Morgan fingerprint density at radius 2 is 2.19 bits per heavy atom. The van der Waals surface area contributed by atoms with E-state index in [0.717, 1.165) is 13.0 Å². The molecule has 1 heterocycles. The lowest BCUT2D eigenvalue weighted by Crippen LogP contribution is -2.10. The SMILES string of the molecule is CCCn1ncnc1CC(O)c1cccc(OC(F)F)c1. The van der Waals surface area contributed by atoms with Crippen LogP contribution in [0.15, 0.2) is 30.6 Å². The van der Waals surface area contributed by atoms with Crippen molar-refractivity contribution in [1.82, 2.24) is 14.8 Å². The standard InChI is InChI=1S/C14H17F2N3O2/c1-2-6-19-13(17-9-18-19)8-12(20)10-4-3-5-11(7-10)21-14(15)16/h3-5,7,9,12,14,20H,2,6,8H2,1H3. The summed E-state index contributed by atoms with van der Waals surface area (Å²) in [7, 11) is 0. The first-order valence-corrected chi connectivity index (χ1v) is 6.69. The summed E-state index contributed by atoms with van der Waals surface area (Å²) in [6.07, 6.45) is 1.75. The zero-order valence-electron chi connectivity index (χ0n) is 11.6. The van der Waals surface area contributed by atoms with Crippen molar-refractivity contribution < 1.29 is 18.6 Å². The van der Waals surface area contributed by atoms with E-state index in [0.29, 0.717) is 11.4 Å². The normalized spacial score (nSPS) is 12.6. The summed E-state index contributed by atoms with van der Waals surface area (Å²) < 4.78 is 30.4. The number of benzene rings is 1. The molecule has 0 aliphatic rings. The molecule has 2 rings (SSSR count). The topological polar surface area (TPSA) is 60.2 Å². The summed E-state index contributed by atoms with van der Waals surface area (Å²) >= 11 is 0. The predicted molar refractivity (Wildman–Crippen MR) is 72.1 cm³/mol. The summed E-state index contributed by atoms with van der Waals surface area (Å²) in [4.78, 5) is 4.11. The average molecular weight is 297 g/mol. The Labute approximate surface area is 121 Å². The molecule has 0 fully saturated rings.